The highest BCUT2D eigenvalue weighted by Gasteiger charge is 2.19. The van der Waals surface area contributed by atoms with Crippen molar-refractivity contribution in [3.63, 3.8) is 0 Å². The molecule has 4 rings (SSSR count). The molecule has 0 spiro atoms. The van der Waals surface area contributed by atoms with Gasteiger partial charge in [-0.1, -0.05) is 35.9 Å². The van der Waals surface area contributed by atoms with Crippen LogP contribution in [0, 0.1) is 0 Å². The van der Waals surface area contributed by atoms with Crippen molar-refractivity contribution < 1.29 is 53.3 Å². The van der Waals surface area contributed by atoms with Crippen LogP contribution in [0.1, 0.15) is 25.0 Å². The zero-order valence-corrected chi connectivity index (χ0v) is 36.3. The van der Waals surface area contributed by atoms with E-state index in [2.05, 4.69) is 73.5 Å². The van der Waals surface area contributed by atoms with Gasteiger partial charge >= 0.3 is 0 Å². The fraction of sp³-hybridized carbons (Fsp3) is 0.333. The molecule has 24 nitrogen and oxygen atoms in total. The van der Waals surface area contributed by atoms with E-state index in [-0.39, 0.29) is 91.0 Å². The molecule has 3 unspecified atom stereocenters. The maximum absolute atomic E-state index is 12.6. The lowest BCUT2D eigenvalue weighted by Gasteiger charge is -2.13. The average molecular weight is 953 g/mol. The largest absolute Gasteiger partial charge is 0.392 e. The summed E-state index contributed by atoms with van der Waals surface area (Å²) in [6.45, 7) is 3.25. The molecule has 0 saturated carbocycles. The predicted molar refractivity (Wildman–Crippen MR) is 231 cm³/mol. The van der Waals surface area contributed by atoms with E-state index in [9.17, 15) is 44.6 Å². The van der Waals surface area contributed by atoms with Crippen LogP contribution in [0.4, 0.5) is 47.1 Å². The fourth-order valence-electron chi connectivity index (χ4n) is 4.61. The molecule has 2 aromatic carbocycles. The Morgan fingerprint density at radius 3 is 1.42 bits per heavy atom. The fourth-order valence-corrected chi connectivity index (χ4v) is 7.04. The van der Waals surface area contributed by atoms with E-state index in [0.29, 0.717) is 0 Å². The Balaban J connectivity index is 1.63. The van der Waals surface area contributed by atoms with Crippen LogP contribution in [0.2, 0.25) is 0 Å². The summed E-state index contributed by atoms with van der Waals surface area (Å²) in [5, 5.41) is 36.1. The summed E-state index contributed by atoms with van der Waals surface area (Å²) in [5.41, 5.74) is -0.0757. The van der Waals surface area contributed by atoms with E-state index in [1.807, 2.05) is 0 Å². The molecule has 0 amide bonds. The zero-order valence-electron chi connectivity index (χ0n) is 31.3. The summed E-state index contributed by atoms with van der Waals surface area (Å²) in [5.74, 6) is -1.02. The van der Waals surface area contributed by atoms with Crippen LogP contribution in [0.25, 0.3) is 12.2 Å². The SMILES string of the molecule is CC(O)CNc1nc(NCCOS(=S)S)nc(Nc2ccc(C=Cc3ccc(Nc4nc(NCCS(=O)(=O)O)nc(NCC(C)O)n4)cc3S(=O)(=O)O)c(S(=O)(=O)O)c2)n1. The molecule has 0 fully saturated rings. The van der Waals surface area contributed by atoms with Crippen molar-refractivity contribution >= 4 is 121 Å². The number of rotatable bonds is 23. The summed E-state index contributed by atoms with van der Waals surface area (Å²) >= 11 is 8.87. The van der Waals surface area contributed by atoms with Crippen LogP contribution in [0.5, 0.6) is 0 Å². The molecule has 328 valence electrons. The lowest BCUT2D eigenvalue weighted by Crippen LogP contribution is -2.20. The Kier molecular flexibility index (Phi) is 17.2. The van der Waals surface area contributed by atoms with E-state index < -0.39 is 66.9 Å². The average Bonchev–Trinajstić information content (AvgIpc) is 3.13. The Labute approximate surface area is 356 Å². The normalized spacial score (nSPS) is 13.7. The van der Waals surface area contributed by atoms with Gasteiger partial charge in [0.25, 0.3) is 30.4 Å². The van der Waals surface area contributed by atoms with Gasteiger partial charge in [0.2, 0.25) is 35.7 Å². The van der Waals surface area contributed by atoms with E-state index in [4.69, 9.17) is 19.9 Å². The molecule has 0 radical (unpaired) electrons. The van der Waals surface area contributed by atoms with Crippen LogP contribution in [0.3, 0.4) is 0 Å². The molecule has 0 aliphatic rings. The van der Waals surface area contributed by atoms with Gasteiger partial charge in [0.05, 0.1) is 33.3 Å². The van der Waals surface area contributed by atoms with Gasteiger partial charge in [0, 0.05) is 37.6 Å². The number of anilines is 8. The number of thiol groups is 1. The molecule has 0 aliphatic carbocycles. The number of aromatic nitrogens is 6. The second kappa shape index (κ2) is 21.4. The predicted octanol–water partition coefficient (Wildman–Crippen LogP) is 1.36. The number of aliphatic hydroxyl groups is 2. The highest BCUT2D eigenvalue weighted by Crippen LogP contribution is 2.28. The number of aliphatic hydroxyl groups excluding tert-OH is 2. The quantitative estimate of drug-likeness (QED) is 0.0164. The van der Waals surface area contributed by atoms with E-state index in [0.717, 1.165) is 12.1 Å². The number of benzene rings is 2. The van der Waals surface area contributed by atoms with Crippen LogP contribution in [0.15, 0.2) is 46.2 Å². The minimum absolute atomic E-state index is 0.00731. The molecule has 0 bridgehead atoms. The third-order valence-electron chi connectivity index (χ3n) is 7.13. The molecule has 0 saturated heterocycles. The first-order valence-corrected chi connectivity index (χ1v) is 24.6. The van der Waals surface area contributed by atoms with Gasteiger partial charge < -0.3 is 46.3 Å². The Hall–Kier alpha value is -4.47. The van der Waals surface area contributed by atoms with Crippen LogP contribution in [-0.2, 0) is 54.5 Å². The first-order valence-electron chi connectivity index (χ1n) is 17.0. The van der Waals surface area contributed by atoms with Crippen molar-refractivity contribution in [2.24, 2.45) is 0 Å². The third kappa shape index (κ3) is 16.5. The molecular weight excluding hydrogens is 913 g/mol. The number of nitrogens with zero attached hydrogens (tertiary/aromatic N) is 6. The standard InChI is InChI=1S/C30H40N12O12S6/c1-17(43)15-33-27-37-25(31-9-11-54-57(55)56)39-29(41-27)35-21-7-5-19(23(13-21)59(48,49)50)3-4-20-6-8-22(14-24(20)60(51,52)53)36-30-40-26(32-10-12-58(45,46)47)38-28(42-30)34-16-18(2)44/h3-8,13-14,17-18,43-44H,9-12,15-16H2,1-2H3,(H,55,56)(H,45,46,47)(H,48,49,50)(H,51,52,53)(H3,31,33,35,37,39,41)(H3,32,34,36,38,40,42). The molecule has 60 heavy (non-hydrogen) atoms. The summed E-state index contributed by atoms with van der Waals surface area (Å²) in [6.07, 6.45) is 0.795. The molecule has 4 aromatic rings. The van der Waals surface area contributed by atoms with Gasteiger partial charge in [-0.05, 0) is 60.4 Å². The van der Waals surface area contributed by atoms with Crippen LogP contribution >= 0.6 is 11.7 Å². The summed E-state index contributed by atoms with van der Waals surface area (Å²) < 4.78 is 107. The zero-order chi connectivity index (χ0) is 44.3. The summed E-state index contributed by atoms with van der Waals surface area (Å²) in [6, 6.07) is 7.44. The summed E-state index contributed by atoms with van der Waals surface area (Å²) in [4.78, 5) is 23.8. The monoisotopic (exact) mass is 952 g/mol. The third-order valence-corrected chi connectivity index (χ3v) is 10.6. The van der Waals surface area contributed by atoms with Gasteiger partial charge in [-0.2, -0.15) is 55.2 Å². The van der Waals surface area contributed by atoms with Crippen molar-refractivity contribution in [2.75, 3.05) is 70.4 Å². The minimum atomic E-state index is -4.93. The number of nitrogens with one attached hydrogen (secondary N) is 6. The van der Waals surface area contributed by atoms with Gasteiger partial charge in [-0.25, -0.2) is 0 Å². The van der Waals surface area contributed by atoms with Crippen molar-refractivity contribution in [1.29, 1.82) is 0 Å². The lowest BCUT2D eigenvalue weighted by atomic mass is 10.1. The van der Waals surface area contributed by atoms with Crippen molar-refractivity contribution in [1.82, 2.24) is 29.9 Å². The van der Waals surface area contributed by atoms with Crippen LogP contribution < -0.4 is 31.9 Å². The van der Waals surface area contributed by atoms with Gasteiger partial charge in [-0.3, -0.25) is 13.7 Å². The summed E-state index contributed by atoms with van der Waals surface area (Å²) in [7, 11) is -15.1. The van der Waals surface area contributed by atoms with Crippen LogP contribution in [-0.4, -0.2) is 130 Å². The van der Waals surface area contributed by atoms with E-state index in [1.54, 1.807) is 6.92 Å². The van der Waals surface area contributed by atoms with Crippen molar-refractivity contribution in [3.05, 3.63) is 47.5 Å². The maximum Gasteiger partial charge on any atom is 0.295 e. The highest BCUT2D eigenvalue weighted by molar-refractivity contribution is 8.74. The molecule has 3 atom stereocenters. The van der Waals surface area contributed by atoms with E-state index >= 15 is 0 Å². The Bertz CT molecular complexity index is 2530. The van der Waals surface area contributed by atoms with Gasteiger partial charge in [0.1, 0.15) is 9.79 Å². The van der Waals surface area contributed by atoms with Crippen molar-refractivity contribution in [3.8, 4) is 0 Å². The lowest BCUT2D eigenvalue weighted by molar-refractivity contribution is 0.207. The smallest absolute Gasteiger partial charge is 0.295 e. The Morgan fingerprint density at radius 1 is 0.667 bits per heavy atom. The molecule has 30 heteroatoms. The maximum atomic E-state index is 12.6. The first kappa shape index (κ1) is 48.2. The number of hydrogen-bond donors (Lipinski definition) is 12. The topological polar surface area (TPSA) is 362 Å². The molecule has 0 aliphatic heterocycles. The Morgan fingerprint density at radius 2 is 1.05 bits per heavy atom. The molecule has 11 N–H and O–H groups in total. The van der Waals surface area contributed by atoms with E-state index in [1.165, 1.54) is 43.3 Å². The highest BCUT2D eigenvalue weighted by atomic mass is 33.3. The minimum Gasteiger partial charge on any atom is -0.392 e. The molecule has 2 aromatic heterocycles. The second-order valence-electron chi connectivity index (χ2n) is 12.3. The molecular formula is C30H40N12O12S6. The van der Waals surface area contributed by atoms with Gasteiger partial charge in [-0.15, -0.1) is 0 Å². The van der Waals surface area contributed by atoms with Crippen molar-refractivity contribution in [2.45, 2.75) is 35.8 Å². The second-order valence-corrected chi connectivity index (χ2v) is 20.0. The first-order chi connectivity index (χ1) is 28.0. The number of hydrogen-bond acceptors (Lipinski definition) is 22. The van der Waals surface area contributed by atoms with Gasteiger partial charge in [0.15, 0.2) is 0 Å². The molecule has 2 heterocycles.